The highest BCUT2D eigenvalue weighted by atomic mass is 35.5. The number of hydrogen-bond acceptors (Lipinski definition) is 2. The van der Waals surface area contributed by atoms with Crippen molar-refractivity contribution in [2.45, 2.75) is 43.6 Å². The number of phenols is 1. The second kappa shape index (κ2) is 8.65. The number of carbonyl (C=O) groups is 1. The molecule has 166 valence electrons. The molecule has 4 rings (SSSR count). The van der Waals surface area contributed by atoms with E-state index in [1.165, 1.54) is 5.56 Å². The van der Waals surface area contributed by atoms with E-state index in [-0.39, 0.29) is 17.4 Å². The molecule has 2 aromatic rings. The maximum atomic E-state index is 12.8. The van der Waals surface area contributed by atoms with Gasteiger partial charge < -0.3 is 14.9 Å². The van der Waals surface area contributed by atoms with E-state index in [4.69, 9.17) is 23.2 Å². The van der Waals surface area contributed by atoms with Crippen molar-refractivity contribution in [3.63, 3.8) is 0 Å². The first-order valence-corrected chi connectivity index (χ1v) is 11.8. The molecule has 31 heavy (non-hydrogen) atoms. The second-order valence-corrected chi connectivity index (χ2v) is 10.8. The van der Waals surface area contributed by atoms with Crippen LogP contribution in [0.25, 0.3) is 0 Å². The fourth-order valence-electron chi connectivity index (χ4n) is 5.70. The van der Waals surface area contributed by atoms with Crippen molar-refractivity contribution in [3.8, 4) is 5.75 Å². The van der Waals surface area contributed by atoms with Crippen LogP contribution in [0, 0.1) is 5.92 Å². The molecule has 0 unspecified atom stereocenters. The van der Waals surface area contributed by atoms with Gasteiger partial charge >= 0.3 is 0 Å². The van der Waals surface area contributed by atoms with E-state index in [0.717, 1.165) is 48.8 Å². The van der Waals surface area contributed by atoms with Crippen LogP contribution in [0.4, 0.5) is 0 Å². The molecule has 1 saturated carbocycles. The van der Waals surface area contributed by atoms with Crippen LogP contribution in [-0.2, 0) is 16.6 Å². The minimum atomic E-state index is -0.00765. The zero-order chi connectivity index (χ0) is 22.2. The minimum absolute atomic E-state index is 0.00765. The summed E-state index contributed by atoms with van der Waals surface area (Å²) in [5.74, 6) is 0.872. The minimum Gasteiger partial charge on any atom is -0.508 e. The van der Waals surface area contributed by atoms with Crippen molar-refractivity contribution in [3.05, 3.63) is 63.6 Å². The number of rotatable bonds is 4. The number of phenolic OH excluding ortho intramolecular Hbond substituents is 1. The highest BCUT2D eigenvalue weighted by molar-refractivity contribution is 6.42. The second-order valence-electron chi connectivity index (χ2n) is 9.97. The van der Waals surface area contributed by atoms with Crippen LogP contribution in [0.15, 0.2) is 42.5 Å². The van der Waals surface area contributed by atoms with Crippen LogP contribution in [0.5, 0.6) is 5.75 Å². The number of quaternary nitrogens is 1. The normalized spacial score (nSPS) is 27.4. The Morgan fingerprint density at radius 1 is 1.16 bits per heavy atom. The average molecular weight is 462 g/mol. The first-order valence-electron chi connectivity index (χ1n) is 11.0. The Morgan fingerprint density at radius 3 is 2.71 bits per heavy atom. The van der Waals surface area contributed by atoms with Gasteiger partial charge in [-0.15, -0.1) is 0 Å². The van der Waals surface area contributed by atoms with Gasteiger partial charge in [0.1, 0.15) is 5.75 Å². The largest absolute Gasteiger partial charge is 0.508 e. The van der Waals surface area contributed by atoms with E-state index in [1.54, 1.807) is 18.2 Å². The first-order chi connectivity index (χ1) is 14.7. The van der Waals surface area contributed by atoms with E-state index in [2.05, 4.69) is 25.5 Å². The average Bonchev–Trinajstić information content (AvgIpc) is 2.70. The molecule has 0 radical (unpaired) electrons. The summed E-state index contributed by atoms with van der Waals surface area (Å²) in [4.78, 5) is 12.8. The summed E-state index contributed by atoms with van der Waals surface area (Å²) >= 11 is 12.1. The Morgan fingerprint density at radius 2 is 1.97 bits per heavy atom. The molecule has 2 fully saturated rings. The topological polar surface area (TPSA) is 49.3 Å². The van der Waals surface area contributed by atoms with Crippen LogP contribution in [0.3, 0.4) is 0 Å². The summed E-state index contributed by atoms with van der Waals surface area (Å²) in [6.45, 7) is 2.22. The number of nitrogens with zero attached hydrogens (tertiary/aromatic N) is 1. The van der Waals surface area contributed by atoms with Gasteiger partial charge in [0.05, 0.1) is 43.7 Å². The van der Waals surface area contributed by atoms with Crippen molar-refractivity contribution in [1.29, 1.82) is 0 Å². The lowest BCUT2D eigenvalue weighted by atomic mass is 9.57. The number of piperidine rings is 1. The van der Waals surface area contributed by atoms with E-state index in [1.807, 2.05) is 18.2 Å². The Kier molecular flexibility index (Phi) is 6.26. The Labute approximate surface area is 194 Å². The van der Waals surface area contributed by atoms with Gasteiger partial charge in [-0.2, -0.15) is 0 Å². The van der Waals surface area contributed by atoms with Crippen molar-refractivity contribution in [2.24, 2.45) is 5.92 Å². The molecule has 1 aliphatic carbocycles. The molecule has 2 N–H and O–H groups in total. The predicted octanol–water partition coefficient (Wildman–Crippen LogP) is 4.94. The van der Waals surface area contributed by atoms with E-state index >= 15 is 0 Å². The summed E-state index contributed by atoms with van der Waals surface area (Å²) in [6, 6.07) is 13.2. The maximum Gasteiger partial charge on any atom is 0.224 e. The Balaban J connectivity index is 1.52. The predicted molar refractivity (Wildman–Crippen MR) is 126 cm³/mol. The highest BCUT2D eigenvalue weighted by Crippen LogP contribution is 2.50. The van der Waals surface area contributed by atoms with Crippen molar-refractivity contribution in [2.75, 3.05) is 27.2 Å². The number of amides is 1. The SMILES string of the molecule is C[N+]1(C)CC[C@@]2(c3cccc(O)c3)C[C@H](NC(=O)Cc3ccc(Cl)c(Cl)c3)CC[C@@H]2C1. The standard InChI is InChI=1S/C25H30Cl2N2O2/c1-29(2)11-10-25(18-4-3-5-21(30)14-18)15-20(8-7-19(25)16-29)28-24(31)13-17-6-9-22(26)23(27)12-17/h3-6,9,12,14,19-20H,7-8,10-11,13,15-16H2,1-2H3,(H-,28,30,31)/p+1/t19-,20-,25+/m1/s1. The Bertz CT molecular complexity index is 978. The number of nitrogens with one attached hydrogen (secondary N) is 1. The lowest BCUT2D eigenvalue weighted by Gasteiger charge is -2.54. The number of carbonyl (C=O) groups excluding carboxylic acids is 1. The molecule has 1 amide bonds. The third-order valence-electron chi connectivity index (χ3n) is 7.27. The lowest BCUT2D eigenvalue weighted by Crippen LogP contribution is -2.60. The van der Waals surface area contributed by atoms with Gasteiger partial charge in [-0.25, -0.2) is 0 Å². The highest BCUT2D eigenvalue weighted by Gasteiger charge is 2.51. The fraction of sp³-hybridized carbons (Fsp3) is 0.480. The van der Waals surface area contributed by atoms with Crippen molar-refractivity contribution in [1.82, 2.24) is 5.32 Å². The van der Waals surface area contributed by atoms with Gasteiger partial charge in [0, 0.05) is 23.8 Å². The molecular weight excluding hydrogens is 431 g/mol. The number of aromatic hydroxyl groups is 1. The molecule has 1 saturated heterocycles. The van der Waals surface area contributed by atoms with Crippen LogP contribution >= 0.6 is 23.2 Å². The summed E-state index contributed by atoms with van der Waals surface area (Å²) in [7, 11) is 4.61. The zero-order valence-corrected chi connectivity index (χ0v) is 19.7. The van der Waals surface area contributed by atoms with Crippen molar-refractivity contribution < 1.29 is 14.4 Å². The number of likely N-dealkylation sites (tertiary alicyclic amines) is 1. The van der Waals surface area contributed by atoms with Gasteiger partial charge in [-0.1, -0.05) is 41.4 Å². The summed E-state index contributed by atoms with van der Waals surface area (Å²) in [6.07, 6.45) is 4.33. The van der Waals surface area contributed by atoms with Crippen LogP contribution in [0.1, 0.15) is 36.8 Å². The van der Waals surface area contributed by atoms with Gasteiger partial charge in [-0.05, 0) is 54.7 Å². The van der Waals surface area contributed by atoms with Crippen LogP contribution in [-0.4, -0.2) is 48.7 Å². The molecule has 0 spiro atoms. The molecule has 3 atom stereocenters. The van der Waals surface area contributed by atoms with Crippen molar-refractivity contribution >= 4 is 29.1 Å². The van der Waals surface area contributed by atoms with E-state index in [9.17, 15) is 9.90 Å². The van der Waals surface area contributed by atoms with Crippen LogP contribution < -0.4 is 5.32 Å². The van der Waals surface area contributed by atoms with Crippen LogP contribution in [0.2, 0.25) is 10.0 Å². The summed E-state index contributed by atoms with van der Waals surface area (Å²) in [5, 5.41) is 14.4. The smallest absolute Gasteiger partial charge is 0.224 e. The molecule has 4 nitrogen and oxygen atoms in total. The number of hydrogen-bond donors (Lipinski definition) is 2. The van der Waals surface area contributed by atoms with Gasteiger partial charge in [0.15, 0.2) is 0 Å². The maximum absolute atomic E-state index is 12.8. The molecule has 1 aliphatic heterocycles. The molecule has 1 heterocycles. The molecule has 2 aromatic carbocycles. The first kappa shape index (κ1) is 22.4. The summed E-state index contributed by atoms with van der Waals surface area (Å²) in [5.41, 5.74) is 2.06. The number of benzene rings is 2. The third-order valence-corrected chi connectivity index (χ3v) is 8.01. The zero-order valence-electron chi connectivity index (χ0n) is 18.2. The molecular formula is C25H31Cl2N2O2+. The molecule has 6 heteroatoms. The summed E-state index contributed by atoms with van der Waals surface area (Å²) < 4.78 is 1.03. The number of halogens is 2. The van der Waals surface area contributed by atoms with Gasteiger partial charge in [0.2, 0.25) is 5.91 Å². The quantitative estimate of drug-likeness (QED) is 0.633. The lowest BCUT2D eigenvalue weighted by molar-refractivity contribution is -0.901. The third kappa shape index (κ3) is 4.87. The number of fused-ring (bicyclic) bond motifs is 1. The monoisotopic (exact) mass is 461 g/mol. The van der Waals surface area contributed by atoms with Gasteiger partial charge in [-0.3, -0.25) is 4.79 Å². The molecule has 2 aliphatic rings. The van der Waals surface area contributed by atoms with E-state index in [0.29, 0.717) is 28.1 Å². The molecule has 0 aromatic heterocycles. The van der Waals surface area contributed by atoms with Gasteiger partial charge in [0.25, 0.3) is 0 Å². The Hall–Kier alpha value is -1.75. The molecule has 0 bridgehead atoms. The fourth-order valence-corrected chi connectivity index (χ4v) is 6.02. The van der Waals surface area contributed by atoms with E-state index < -0.39 is 0 Å².